The number of ether oxygens (including phenoxy) is 1. The molecule has 196 valence electrons. The van der Waals surface area contributed by atoms with Crippen molar-refractivity contribution in [3.05, 3.63) is 30.2 Å². The molecule has 4 aromatic heterocycles. The number of likely N-dealkylation sites (tertiary alicyclic amines) is 1. The van der Waals surface area contributed by atoms with Crippen LogP contribution in [-0.4, -0.2) is 77.8 Å². The zero-order chi connectivity index (χ0) is 26.1. The lowest BCUT2D eigenvalue weighted by Crippen LogP contribution is -2.67. The molecule has 1 atom stereocenters. The van der Waals surface area contributed by atoms with Gasteiger partial charge in [0.25, 0.3) is 5.92 Å². The van der Waals surface area contributed by atoms with Crippen molar-refractivity contribution < 1.29 is 13.5 Å². The number of piperidine rings is 1. The highest BCUT2D eigenvalue weighted by molar-refractivity contribution is 5.88. The van der Waals surface area contributed by atoms with Crippen LogP contribution in [0.15, 0.2) is 24.4 Å². The largest absolute Gasteiger partial charge is 0.382 e. The van der Waals surface area contributed by atoms with Gasteiger partial charge < -0.3 is 20.4 Å². The Kier molecular flexibility index (Phi) is 5.39. The van der Waals surface area contributed by atoms with Gasteiger partial charge in [0.1, 0.15) is 16.9 Å². The molecule has 0 amide bonds. The number of imidazole rings is 1. The van der Waals surface area contributed by atoms with Crippen LogP contribution < -0.4 is 11.1 Å². The zero-order valence-corrected chi connectivity index (χ0v) is 21.4. The van der Waals surface area contributed by atoms with Gasteiger partial charge in [-0.15, -0.1) is 5.10 Å². The fraction of sp³-hybridized carbons (Fsp3) is 0.520. The number of hydrogen-bond acceptors (Lipinski definition) is 8. The third kappa shape index (κ3) is 3.89. The number of anilines is 2. The summed E-state index contributed by atoms with van der Waals surface area (Å²) in [5.74, 6) is -1.80. The number of nitrogen functional groups attached to an aromatic ring is 1. The summed E-state index contributed by atoms with van der Waals surface area (Å²) in [4.78, 5) is 15.7. The van der Waals surface area contributed by atoms with Crippen LogP contribution in [0.25, 0.3) is 27.9 Å². The number of nitrogens with two attached hydrogens (primary N) is 1. The van der Waals surface area contributed by atoms with Crippen LogP contribution >= 0.6 is 0 Å². The first-order valence-corrected chi connectivity index (χ1v) is 12.5. The SMILES string of the molecule is Cc1nc2ccc(-c3ccn4nc(N[C@@H]5CCN(C6(C)COC6)CC5(F)F)nc(N)c34)nc2n1C(C)C. The van der Waals surface area contributed by atoms with Gasteiger partial charge in [0.05, 0.1) is 37.0 Å². The topological polar surface area (TPSA) is 111 Å². The second-order valence-corrected chi connectivity index (χ2v) is 10.7. The number of hydrogen-bond donors (Lipinski definition) is 2. The summed E-state index contributed by atoms with van der Waals surface area (Å²) < 4.78 is 39.1. The van der Waals surface area contributed by atoms with E-state index in [2.05, 4.69) is 38.8 Å². The van der Waals surface area contributed by atoms with Gasteiger partial charge >= 0.3 is 0 Å². The molecule has 0 bridgehead atoms. The Bertz CT molecular complexity index is 1490. The van der Waals surface area contributed by atoms with Crippen molar-refractivity contribution in [3.63, 3.8) is 0 Å². The molecule has 2 aliphatic rings. The van der Waals surface area contributed by atoms with E-state index >= 15 is 8.78 Å². The van der Waals surface area contributed by atoms with Gasteiger partial charge in [0, 0.05) is 24.3 Å². The van der Waals surface area contributed by atoms with Crippen molar-refractivity contribution in [2.45, 2.75) is 57.7 Å². The Hall–Kier alpha value is -3.38. The molecule has 3 N–H and O–H groups in total. The lowest BCUT2D eigenvalue weighted by molar-refractivity contribution is -0.174. The zero-order valence-electron chi connectivity index (χ0n) is 21.4. The Morgan fingerprint density at radius 1 is 1.16 bits per heavy atom. The molecular formula is C25H31F2N9O. The quantitative estimate of drug-likeness (QED) is 0.419. The third-order valence-corrected chi connectivity index (χ3v) is 7.54. The number of aryl methyl sites for hydroxylation is 1. The molecule has 0 unspecified atom stereocenters. The highest BCUT2D eigenvalue weighted by atomic mass is 19.3. The first-order valence-electron chi connectivity index (χ1n) is 12.5. The summed E-state index contributed by atoms with van der Waals surface area (Å²) in [6, 6.07) is 4.79. The number of nitrogens with one attached hydrogen (secondary N) is 1. The van der Waals surface area contributed by atoms with Crippen molar-refractivity contribution in [1.82, 2.24) is 34.0 Å². The molecule has 0 saturated carbocycles. The van der Waals surface area contributed by atoms with Gasteiger partial charge in [0.2, 0.25) is 5.95 Å². The second-order valence-electron chi connectivity index (χ2n) is 10.7. The van der Waals surface area contributed by atoms with E-state index in [0.717, 1.165) is 22.6 Å². The van der Waals surface area contributed by atoms with Gasteiger partial charge in [-0.25, -0.2) is 23.3 Å². The Balaban J connectivity index is 1.29. The minimum Gasteiger partial charge on any atom is -0.382 e. The van der Waals surface area contributed by atoms with E-state index in [-0.39, 0.29) is 36.3 Å². The number of nitrogens with zero attached hydrogens (tertiary/aromatic N) is 7. The molecule has 0 spiro atoms. The molecule has 10 nitrogen and oxygen atoms in total. The van der Waals surface area contributed by atoms with Crippen LogP contribution in [0.2, 0.25) is 0 Å². The molecule has 4 aromatic rings. The highest BCUT2D eigenvalue weighted by Crippen LogP contribution is 2.36. The monoisotopic (exact) mass is 511 g/mol. The molecule has 12 heteroatoms. The van der Waals surface area contributed by atoms with Crippen molar-refractivity contribution in [1.29, 1.82) is 0 Å². The van der Waals surface area contributed by atoms with Crippen LogP contribution in [0.4, 0.5) is 20.5 Å². The van der Waals surface area contributed by atoms with Gasteiger partial charge in [-0.1, -0.05) is 0 Å². The Labute approximate surface area is 212 Å². The van der Waals surface area contributed by atoms with Gasteiger partial charge in [-0.2, -0.15) is 4.98 Å². The number of fused-ring (bicyclic) bond motifs is 2. The van der Waals surface area contributed by atoms with Crippen molar-refractivity contribution in [2.75, 3.05) is 37.4 Å². The fourth-order valence-corrected chi connectivity index (χ4v) is 5.49. The predicted molar refractivity (Wildman–Crippen MR) is 137 cm³/mol. The first-order chi connectivity index (χ1) is 17.6. The lowest BCUT2D eigenvalue weighted by Gasteiger charge is -2.51. The average Bonchev–Trinajstić information content (AvgIpc) is 3.38. The molecule has 2 fully saturated rings. The molecule has 0 radical (unpaired) electrons. The van der Waals surface area contributed by atoms with E-state index in [0.29, 0.717) is 31.0 Å². The van der Waals surface area contributed by atoms with E-state index in [9.17, 15) is 0 Å². The highest BCUT2D eigenvalue weighted by Gasteiger charge is 2.51. The fourth-order valence-electron chi connectivity index (χ4n) is 5.49. The molecule has 2 aliphatic heterocycles. The maximum absolute atomic E-state index is 15.1. The summed E-state index contributed by atoms with van der Waals surface area (Å²) in [5.41, 5.74) is 9.67. The normalized spacial score (nSPS) is 21.5. The van der Waals surface area contributed by atoms with Gasteiger partial charge in [0.15, 0.2) is 11.5 Å². The van der Waals surface area contributed by atoms with E-state index in [1.54, 1.807) is 10.7 Å². The van der Waals surface area contributed by atoms with E-state index in [1.165, 1.54) is 0 Å². The molecule has 6 rings (SSSR count). The maximum atomic E-state index is 15.1. The average molecular weight is 512 g/mol. The molecular weight excluding hydrogens is 480 g/mol. The minimum atomic E-state index is -2.96. The number of aromatic nitrogens is 6. The maximum Gasteiger partial charge on any atom is 0.280 e. The second kappa shape index (κ2) is 8.32. The number of alkyl halides is 2. The summed E-state index contributed by atoms with van der Waals surface area (Å²) in [5, 5.41) is 7.30. The first kappa shape index (κ1) is 24.0. The van der Waals surface area contributed by atoms with E-state index in [4.69, 9.17) is 15.5 Å². The Morgan fingerprint density at radius 2 is 1.95 bits per heavy atom. The summed E-state index contributed by atoms with van der Waals surface area (Å²) in [6.45, 7) is 9.27. The van der Waals surface area contributed by atoms with Crippen LogP contribution in [0, 0.1) is 6.92 Å². The van der Waals surface area contributed by atoms with Crippen LogP contribution in [-0.2, 0) is 4.74 Å². The van der Waals surface area contributed by atoms with Crippen molar-refractivity contribution in [3.8, 4) is 11.3 Å². The van der Waals surface area contributed by atoms with Crippen LogP contribution in [0.1, 0.15) is 39.1 Å². The molecule has 0 aromatic carbocycles. The predicted octanol–water partition coefficient (Wildman–Crippen LogP) is 3.52. The number of pyridine rings is 1. The molecule has 0 aliphatic carbocycles. The molecule has 6 heterocycles. The molecule has 37 heavy (non-hydrogen) atoms. The van der Waals surface area contributed by atoms with Crippen LogP contribution in [0.3, 0.4) is 0 Å². The summed E-state index contributed by atoms with van der Waals surface area (Å²) in [6.07, 6.45) is 2.00. The lowest BCUT2D eigenvalue weighted by atomic mass is 9.91. The van der Waals surface area contributed by atoms with Crippen molar-refractivity contribution >= 4 is 28.4 Å². The molecule has 2 saturated heterocycles. The third-order valence-electron chi connectivity index (χ3n) is 7.54. The smallest absolute Gasteiger partial charge is 0.280 e. The van der Waals surface area contributed by atoms with E-state index in [1.807, 2.05) is 36.9 Å². The minimum absolute atomic E-state index is 0.0698. The summed E-state index contributed by atoms with van der Waals surface area (Å²) >= 11 is 0. The number of halogens is 2. The Morgan fingerprint density at radius 3 is 2.62 bits per heavy atom. The standard InChI is InChI=1S/C25H31F2N9O/c1-14(2)36-15(3)29-18-6-5-17(30-22(18)36)16-7-10-35-20(16)21(28)32-23(33-35)31-19-8-9-34(11-25(19,26)27)24(4)12-37-13-24/h5-7,10,14,19H,8-9,11-13H2,1-4H3,(H3,28,31,32,33)/t19-/m1/s1. The van der Waals surface area contributed by atoms with Crippen LogP contribution in [0.5, 0.6) is 0 Å². The number of rotatable bonds is 5. The van der Waals surface area contributed by atoms with Crippen molar-refractivity contribution in [2.24, 2.45) is 0 Å². The van der Waals surface area contributed by atoms with Gasteiger partial charge in [-0.3, -0.25) is 4.90 Å². The summed E-state index contributed by atoms with van der Waals surface area (Å²) in [7, 11) is 0. The van der Waals surface area contributed by atoms with Gasteiger partial charge in [-0.05, 0) is 52.3 Å². The van der Waals surface area contributed by atoms with E-state index < -0.39 is 12.0 Å².